The lowest BCUT2D eigenvalue weighted by Gasteiger charge is -2.25. The van der Waals surface area contributed by atoms with E-state index in [2.05, 4.69) is 17.9 Å². The molecule has 0 heterocycles. The molecule has 0 saturated heterocycles. The minimum Gasteiger partial charge on any atom is -0.497 e. The van der Waals surface area contributed by atoms with Crippen molar-refractivity contribution in [3.8, 4) is 11.8 Å². The number of hydrogen-bond acceptors (Lipinski definition) is 4. The highest BCUT2D eigenvalue weighted by atomic mass is 16.5. The quantitative estimate of drug-likeness (QED) is 0.855. The van der Waals surface area contributed by atoms with Gasteiger partial charge in [-0.25, -0.2) is 0 Å². The molecule has 0 aliphatic carbocycles. The third kappa shape index (κ3) is 3.46. The minimum absolute atomic E-state index is 0.640. The highest BCUT2D eigenvalue weighted by Gasteiger charge is 2.12. The van der Waals surface area contributed by atoms with Crippen molar-refractivity contribution < 1.29 is 4.74 Å². The lowest BCUT2D eigenvalue weighted by Crippen LogP contribution is -2.23. The van der Waals surface area contributed by atoms with Crippen molar-refractivity contribution in [1.29, 1.82) is 5.26 Å². The molecule has 2 aromatic carbocycles. The summed E-state index contributed by atoms with van der Waals surface area (Å²) in [6, 6.07) is 15.5. The maximum Gasteiger partial charge on any atom is 0.121 e. The van der Waals surface area contributed by atoms with Crippen LogP contribution in [0.1, 0.15) is 18.1 Å². The average Bonchev–Trinajstić information content (AvgIpc) is 2.52. The van der Waals surface area contributed by atoms with Crippen molar-refractivity contribution in [2.45, 2.75) is 13.5 Å². The van der Waals surface area contributed by atoms with Gasteiger partial charge >= 0.3 is 0 Å². The van der Waals surface area contributed by atoms with E-state index >= 15 is 0 Å². The smallest absolute Gasteiger partial charge is 0.121 e. The molecule has 0 radical (unpaired) electrons. The summed E-state index contributed by atoms with van der Waals surface area (Å²) in [7, 11) is 1.62. The fourth-order valence-electron chi connectivity index (χ4n) is 2.27. The molecule has 0 bridgehead atoms. The second-order valence-electron chi connectivity index (χ2n) is 4.75. The molecule has 0 aromatic heterocycles. The first-order chi connectivity index (χ1) is 10.2. The Balaban J connectivity index is 2.35. The molecule has 108 valence electrons. The lowest BCUT2D eigenvalue weighted by atomic mass is 10.1. The fraction of sp³-hybridized carbons (Fsp3) is 0.235. The van der Waals surface area contributed by atoms with Gasteiger partial charge < -0.3 is 15.4 Å². The SMILES string of the molecule is CCN(Cc1cccc(N)c1)c1cc(OC)ccc1C#N. The Morgan fingerprint density at radius 1 is 1.24 bits per heavy atom. The number of anilines is 2. The van der Waals surface area contributed by atoms with E-state index in [-0.39, 0.29) is 0 Å². The maximum atomic E-state index is 9.30. The molecule has 0 aliphatic rings. The van der Waals surface area contributed by atoms with Gasteiger partial charge in [0.1, 0.15) is 11.8 Å². The number of nitrogen functional groups attached to an aromatic ring is 1. The molecule has 2 rings (SSSR count). The van der Waals surface area contributed by atoms with Gasteiger partial charge in [-0.1, -0.05) is 12.1 Å². The van der Waals surface area contributed by atoms with Crippen LogP contribution in [0.2, 0.25) is 0 Å². The number of hydrogen-bond donors (Lipinski definition) is 1. The number of nitrogens with two attached hydrogens (primary N) is 1. The summed E-state index contributed by atoms with van der Waals surface area (Å²) < 4.78 is 5.26. The van der Waals surface area contributed by atoms with E-state index in [1.807, 2.05) is 30.3 Å². The Kier molecular flexibility index (Phi) is 4.68. The third-order valence-corrected chi connectivity index (χ3v) is 3.37. The van der Waals surface area contributed by atoms with Crippen LogP contribution in [-0.2, 0) is 6.54 Å². The lowest BCUT2D eigenvalue weighted by molar-refractivity contribution is 0.414. The first-order valence-corrected chi connectivity index (χ1v) is 6.85. The predicted molar refractivity (Wildman–Crippen MR) is 85.3 cm³/mol. The van der Waals surface area contributed by atoms with Crippen molar-refractivity contribution in [3.05, 3.63) is 53.6 Å². The molecule has 0 saturated carbocycles. The van der Waals surface area contributed by atoms with Gasteiger partial charge in [0.15, 0.2) is 0 Å². The van der Waals surface area contributed by atoms with Gasteiger partial charge in [0, 0.05) is 24.8 Å². The van der Waals surface area contributed by atoms with Crippen molar-refractivity contribution >= 4 is 11.4 Å². The van der Waals surface area contributed by atoms with E-state index in [9.17, 15) is 5.26 Å². The molecule has 4 nitrogen and oxygen atoms in total. The van der Waals surface area contributed by atoms with Gasteiger partial charge in [-0.15, -0.1) is 0 Å². The topological polar surface area (TPSA) is 62.3 Å². The molecule has 0 spiro atoms. The fourth-order valence-corrected chi connectivity index (χ4v) is 2.27. The molecule has 0 unspecified atom stereocenters. The van der Waals surface area contributed by atoms with Crippen LogP contribution in [-0.4, -0.2) is 13.7 Å². The number of methoxy groups -OCH3 is 1. The van der Waals surface area contributed by atoms with Gasteiger partial charge in [-0.2, -0.15) is 5.26 Å². The van der Waals surface area contributed by atoms with Crippen LogP contribution >= 0.6 is 0 Å². The van der Waals surface area contributed by atoms with Crippen LogP contribution in [0.3, 0.4) is 0 Å². The monoisotopic (exact) mass is 281 g/mol. The Morgan fingerprint density at radius 2 is 2.05 bits per heavy atom. The van der Waals surface area contributed by atoms with Crippen molar-refractivity contribution in [2.24, 2.45) is 0 Å². The summed E-state index contributed by atoms with van der Waals surface area (Å²) >= 11 is 0. The predicted octanol–water partition coefficient (Wildman–Crippen LogP) is 3.18. The van der Waals surface area contributed by atoms with Crippen molar-refractivity contribution in [3.63, 3.8) is 0 Å². The Morgan fingerprint density at radius 3 is 2.67 bits per heavy atom. The maximum absolute atomic E-state index is 9.30. The standard InChI is InChI=1S/C17H19N3O/c1-3-20(12-13-5-4-6-15(19)9-13)17-10-16(21-2)8-7-14(17)11-18/h4-10H,3,12,19H2,1-2H3. The highest BCUT2D eigenvalue weighted by molar-refractivity contribution is 5.62. The number of benzene rings is 2. The zero-order valence-electron chi connectivity index (χ0n) is 12.3. The Labute approximate surface area is 125 Å². The summed E-state index contributed by atoms with van der Waals surface area (Å²) in [5, 5.41) is 9.30. The molecule has 2 N–H and O–H groups in total. The number of nitrogens with zero attached hydrogens (tertiary/aromatic N) is 2. The number of rotatable bonds is 5. The summed E-state index contributed by atoms with van der Waals surface area (Å²) in [4.78, 5) is 2.13. The molecule has 0 fully saturated rings. The first kappa shape index (κ1) is 14.7. The van der Waals surface area contributed by atoms with E-state index in [1.165, 1.54) is 0 Å². The average molecular weight is 281 g/mol. The zero-order valence-corrected chi connectivity index (χ0v) is 12.3. The van der Waals surface area contributed by atoms with Gasteiger partial charge in [0.05, 0.1) is 18.4 Å². The highest BCUT2D eigenvalue weighted by Crippen LogP contribution is 2.27. The molecule has 2 aromatic rings. The van der Waals surface area contributed by atoms with Crippen LogP contribution in [0.4, 0.5) is 11.4 Å². The van der Waals surface area contributed by atoms with Crippen molar-refractivity contribution in [2.75, 3.05) is 24.3 Å². The van der Waals surface area contributed by atoms with Gasteiger partial charge in [0.25, 0.3) is 0 Å². The van der Waals surface area contributed by atoms with Crippen LogP contribution in [0, 0.1) is 11.3 Å². The molecule has 0 aliphatic heterocycles. The van der Waals surface area contributed by atoms with E-state index in [4.69, 9.17) is 10.5 Å². The van der Waals surface area contributed by atoms with E-state index in [0.717, 1.165) is 29.2 Å². The summed E-state index contributed by atoms with van der Waals surface area (Å²) in [5.41, 5.74) is 9.20. The Bertz CT molecular complexity index is 661. The molecular weight excluding hydrogens is 262 g/mol. The second-order valence-corrected chi connectivity index (χ2v) is 4.75. The van der Waals surface area contributed by atoms with Crippen LogP contribution in [0.25, 0.3) is 0 Å². The zero-order chi connectivity index (χ0) is 15.2. The van der Waals surface area contributed by atoms with Gasteiger partial charge in [0.2, 0.25) is 0 Å². The van der Waals surface area contributed by atoms with E-state index < -0.39 is 0 Å². The Hall–Kier alpha value is -2.67. The normalized spacial score (nSPS) is 9.95. The van der Waals surface area contributed by atoms with Gasteiger partial charge in [-0.05, 0) is 36.8 Å². The van der Waals surface area contributed by atoms with Crippen molar-refractivity contribution in [1.82, 2.24) is 0 Å². The molecule has 0 amide bonds. The van der Waals surface area contributed by atoms with Gasteiger partial charge in [-0.3, -0.25) is 0 Å². The van der Waals surface area contributed by atoms with Crippen LogP contribution < -0.4 is 15.4 Å². The molecule has 21 heavy (non-hydrogen) atoms. The second kappa shape index (κ2) is 6.67. The molecular formula is C17H19N3O. The summed E-state index contributed by atoms with van der Waals surface area (Å²) in [6.07, 6.45) is 0. The number of ether oxygens (including phenoxy) is 1. The summed E-state index contributed by atoms with van der Waals surface area (Å²) in [5.74, 6) is 0.745. The first-order valence-electron chi connectivity index (χ1n) is 6.85. The largest absolute Gasteiger partial charge is 0.497 e. The summed E-state index contributed by atoms with van der Waals surface area (Å²) in [6.45, 7) is 3.55. The van der Waals surface area contributed by atoms with E-state index in [0.29, 0.717) is 12.1 Å². The molecule has 4 heteroatoms. The number of nitriles is 1. The van der Waals surface area contributed by atoms with E-state index in [1.54, 1.807) is 19.2 Å². The third-order valence-electron chi connectivity index (χ3n) is 3.37. The molecule has 0 atom stereocenters. The van der Waals surface area contributed by atoms with Crippen LogP contribution in [0.5, 0.6) is 5.75 Å². The van der Waals surface area contributed by atoms with Crippen LogP contribution in [0.15, 0.2) is 42.5 Å². The minimum atomic E-state index is 0.640.